The molecule has 0 amide bonds. The highest BCUT2D eigenvalue weighted by Gasteiger charge is 2.24. The summed E-state index contributed by atoms with van der Waals surface area (Å²) in [6.07, 6.45) is 0. The van der Waals surface area contributed by atoms with Gasteiger partial charge < -0.3 is 10.1 Å². The molecule has 114 valence electrons. The fraction of sp³-hybridized carbons (Fsp3) is 0.417. The van der Waals surface area contributed by atoms with Crippen LogP contribution in [0.5, 0.6) is 5.75 Å². The lowest BCUT2D eigenvalue weighted by molar-refractivity contribution is 0.362. The minimum Gasteiger partial charge on any atom is -0.497 e. The number of benzene rings is 1. The second-order valence-corrected chi connectivity index (χ2v) is 7.31. The Morgan fingerprint density at radius 3 is 2.86 bits per heavy atom. The topological polar surface area (TPSA) is 83.6 Å². The van der Waals surface area contributed by atoms with Gasteiger partial charge in [-0.3, -0.25) is 0 Å². The van der Waals surface area contributed by atoms with Crippen molar-refractivity contribution in [1.82, 2.24) is 14.6 Å². The van der Waals surface area contributed by atoms with Crippen LogP contribution >= 0.6 is 11.3 Å². The van der Waals surface area contributed by atoms with E-state index in [-0.39, 0.29) is 0 Å². The second kappa shape index (κ2) is 5.76. The van der Waals surface area contributed by atoms with Crippen molar-refractivity contribution in [3.63, 3.8) is 0 Å². The van der Waals surface area contributed by atoms with E-state index in [1.54, 1.807) is 13.2 Å². The van der Waals surface area contributed by atoms with Gasteiger partial charge in [0.1, 0.15) is 5.75 Å². The van der Waals surface area contributed by atoms with Gasteiger partial charge in [0.15, 0.2) is 5.13 Å². The Hall–Kier alpha value is -1.42. The Morgan fingerprint density at radius 2 is 2.14 bits per heavy atom. The third-order valence-electron chi connectivity index (χ3n) is 3.23. The SMILES string of the molecule is COc1ccc2nc(NS(=O)(=O)N3CCNCC3)sc2c1. The van der Waals surface area contributed by atoms with E-state index in [0.717, 1.165) is 16.0 Å². The number of nitrogens with one attached hydrogen (secondary N) is 2. The zero-order chi connectivity index (χ0) is 14.9. The van der Waals surface area contributed by atoms with Crippen LogP contribution in [0.4, 0.5) is 5.13 Å². The molecule has 9 heteroatoms. The molecule has 0 saturated carbocycles. The van der Waals surface area contributed by atoms with Gasteiger partial charge >= 0.3 is 10.2 Å². The van der Waals surface area contributed by atoms with Crippen molar-refractivity contribution in [3.8, 4) is 5.75 Å². The van der Waals surface area contributed by atoms with E-state index in [4.69, 9.17) is 4.74 Å². The summed E-state index contributed by atoms with van der Waals surface area (Å²) >= 11 is 1.29. The van der Waals surface area contributed by atoms with Crippen LogP contribution in [0.15, 0.2) is 18.2 Å². The molecule has 2 N–H and O–H groups in total. The normalized spacial score (nSPS) is 17.0. The Bertz CT molecular complexity index is 738. The van der Waals surface area contributed by atoms with Gasteiger partial charge in [-0.15, -0.1) is 0 Å². The molecular formula is C12H16N4O3S2. The Morgan fingerprint density at radius 1 is 1.38 bits per heavy atom. The molecule has 1 aromatic carbocycles. The fourth-order valence-corrected chi connectivity index (χ4v) is 4.42. The van der Waals surface area contributed by atoms with E-state index in [0.29, 0.717) is 31.3 Å². The molecular weight excluding hydrogens is 312 g/mol. The first kappa shape index (κ1) is 14.5. The smallest absolute Gasteiger partial charge is 0.303 e. The van der Waals surface area contributed by atoms with Crippen LogP contribution in [-0.2, 0) is 10.2 Å². The predicted octanol–water partition coefficient (Wildman–Crippen LogP) is 0.867. The number of hydrogen-bond acceptors (Lipinski definition) is 6. The number of piperazine rings is 1. The largest absolute Gasteiger partial charge is 0.497 e. The Kier molecular flexibility index (Phi) is 3.98. The summed E-state index contributed by atoms with van der Waals surface area (Å²) in [4.78, 5) is 4.30. The molecule has 0 unspecified atom stereocenters. The van der Waals surface area contributed by atoms with E-state index in [1.165, 1.54) is 15.6 Å². The van der Waals surface area contributed by atoms with Crippen molar-refractivity contribution in [2.75, 3.05) is 38.0 Å². The maximum atomic E-state index is 12.3. The van der Waals surface area contributed by atoms with Gasteiger partial charge in [0.2, 0.25) is 0 Å². The van der Waals surface area contributed by atoms with Crippen LogP contribution in [0.2, 0.25) is 0 Å². The van der Waals surface area contributed by atoms with Gasteiger partial charge in [-0.25, -0.2) is 9.71 Å². The van der Waals surface area contributed by atoms with Gasteiger partial charge in [-0.05, 0) is 18.2 Å². The van der Waals surface area contributed by atoms with Crippen LogP contribution in [0.3, 0.4) is 0 Å². The van der Waals surface area contributed by atoms with Crippen molar-refractivity contribution in [1.29, 1.82) is 0 Å². The lowest BCUT2D eigenvalue weighted by Gasteiger charge is -2.26. The van der Waals surface area contributed by atoms with E-state index >= 15 is 0 Å². The molecule has 0 atom stereocenters. The van der Waals surface area contributed by atoms with E-state index < -0.39 is 10.2 Å². The molecule has 0 aliphatic carbocycles. The monoisotopic (exact) mass is 328 g/mol. The van der Waals surface area contributed by atoms with Gasteiger partial charge in [0.25, 0.3) is 0 Å². The number of ether oxygens (including phenoxy) is 1. The molecule has 0 radical (unpaired) electrons. The van der Waals surface area contributed by atoms with Crippen molar-refractivity contribution in [2.45, 2.75) is 0 Å². The van der Waals surface area contributed by atoms with E-state index in [1.807, 2.05) is 12.1 Å². The van der Waals surface area contributed by atoms with Crippen LogP contribution in [0.25, 0.3) is 10.2 Å². The maximum absolute atomic E-state index is 12.3. The highest BCUT2D eigenvalue weighted by Crippen LogP contribution is 2.29. The van der Waals surface area contributed by atoms with Gasteiger partial charge in [0, 0.05) is 26.2 Å². The standard InChI is InChI=1S/C12H16N4O3S2/c1-19-9-2-3-10-11(8-9)20-12(14-10)15-21(17,18)16-6-4-13-5-7-16/h2-3,8,13H,4-7H2,1H3,(H,14,15). The lowest BCUT2D eigenvalue weighted by atomic mass is 10.3. The third-order valence-corrected chi connectivity index (χ3v) is 5.79. The summed E-state index contributed by atoms with van der Waals surface area (Å²) in [6, 6.07) is 5.46. The highest BCUT2D eigenvalue weighted by atomic mass is 32.2. The number of nitrogens with zero attached hydrogens (tertiary/aromatic N) is 2. The minimum atomic E-state index is -3.54. The summed E-state index contributed by atoms with van der Waals surface area (Å²) in [5.41, 5.74) is 0.749. The van der Waals surface area contributed by atoms with Crippen molar-refractivity contribution in [2.24, 2.45) is 0 Å². The zero-order valence-corrected chi connectivity index (χ0v) is 13.1. The van der Waals surface area contributed by atoms with Crippen LogP contribution in [-0.4, -0.2) is 51.0 Å². The third kappa shape index (κ3) is 3.10. The molecule has 1 aliphatic heterocycles. The molecule has 1 fully saturated rings. The van der Waals surface area contributed by atoms with Gasteiger partial charge in [-0.2, -0.15) is 12.7 Å². The molecule has 1 aromatic heterocycles. The summed E-state index contributed by atoms with van der Waals surface area (Å²) in [5, 5.41) is 3.50. The zero-order valence-electron chi connectivity index (χ0n) is 11.5. The molecule has 2 heterocycles. The number of fused-ring (bicyclic) bond motifs is 1. The van der Waals surface area contributed by atoms with Crippen LogP contribution in [0, 0.1) is 0 Å². The van der Waals surface area contributed by atoms with E-state index in [2.05, 4.69) is 15.0 Å². The predicted molar refractivity (Wildman–Crippen MR) is 83.2 cm³/mol. The molecule has 2 aromatic rings. The Balaban J connectivity index is 1.83. The maximum Gasteiger partial charge on any atom is 0.303 e. The number of hydrogen-bond donors (Lipinski definition) is 2. The summed E-state index contributed by atoms with van der Waals surface area (Å²) < 4.78 is 34.6. The van der Waals surface area contributed by atoms with Crippen molar-refractivity contribution in [3.05, 3.63) is 18.2 Å². The molecule has 0 spiro atoms. The first-order valence-corrected chi connectivity index (χ1v) is 8.77. The van der Waals surface area contributed by atoms with Crippen molar-refractivity contribution >= 4 is 36.9 Å². The molecule has 7 nitrogen and oxygen atoms in total. The number of aromatic nitrogens is 1. The van der Waals surface area contributed by atoms with Crippen LogP contribution in [0.1, 0.15) is 0 Å². The summed E-state index contributed by atoms with van der Waals surface area (Å²) in [6.45, 7) is 2.26. The molecule has 3 rings (SSSR count). The Labute approximate surface area is 127 Å². The number of methoxy groups -OCH3 is 1. The summed E-state index contributed by atoms with van der Waals surface area (Å²) in [5.74, 6) is 0.725. The number of thiazole rings is 1. The molecule has 21 heavy (non-hydrogen) atoms. The van der Waals surface area contributed by atoms with Gasteiger partial charge in [0.05, 0.1) is 17.3 Å². The first-order chi connectivity index (χ1) is 10.1. The first-order valence-electron chi connectivity index (χ1n) is 6.52. The minimum absolute atomic E-state index is 0.372. The number of anilines is 1. The highest BCUT2D eigenvalue weighted by molar-refractivity contribution is 7.90. The molecule has 1 aliphatic rings. The van der Waals surface area contributed by atoms with Gasteiger partial charge in [-0.1, -0.05) is 11.3 Å². The second-order valence-electron chi connectivity index (χ2n) is 4.61. The van der Waals surface area contributed by atoms with Crippen molar-refractivity contribution < 1.29 is 13.2 Å². The summed E-state index contributed by atoms with van der Waals surface area (Å²) in [7, 11) is -1.95. The fourth-order valence-electron chi connectivity index (χ4n) is 2.14. The molecule has 1 saturated heterocycles. The van der Waals surface area contributed by atoms with E-state index in [9.17, 15) is 8.42 Å². The average molecular weight is 328 g/mol. The van der Waals surface area contributed by atoms with Crippen LogP contribution < -0.4 is 14.8 Å². The average Bonchev–Trinajstić information content (AvgIpc) is 2.88. The lowest BCUT2D eigenvalue weighted by Crippen LogP contribution is -2.48. The quantitative estimate of drug-likeness (QED) is 0.870. The molecule has 0 bridgehead atoms. The number of rotatable bonds is 4.